The summed E-state index contributed by atoms with van der Waals surface area (Å²) in [4.78, 5) is 24.2. The number of aliphatic hydroxyl groups excluding tert-OH is 1. The van der Waals surface area contributed by atoms with Crippen LogP contribution in [-0.2, 0) is 6.54 Å². The molecule has 1 aliphatic carbocycles. The van der Waals surface area contributed by atoms with Crippen LogP contribution in [-0.4, -0.2) is 62.4 Å². The molecular formula is C27H25Cl2N5O4. The van der Waals surface area contributed by atoms with Gasteiger partial charge in [-0.15, -0.1) is 0 Å². The van der Waals surface area contributed by atoms with Crippen molar-refractivity contribution < 1.29 is 19.4 Å². The molecule has 0 unspecified atom stereocenters. The lowest BCUT2D eigenvalue weighted by atomic mass is 9.92. The summed E-state index contributed by atoms with van der Waals surface area (Å²) in [6.45, 7) is 0.556. The Morgan fingerprint density at radius 3 is 2.45 bits per heavy atom. The highest BCUT2D eigenvalue weighted by Crippen LogP contribution is 2.45. The van der Waals surface area contributed by atoms with Crippen molar-refractivity contribution in [3.05, 3.63) is 51.6 Å². The average molecular weight is 554 g/mol. The lowest BCUT2D eigenvalue weighted by molar-refractivity contribution is 0.0519. The van der Waals surface area contributed by atoms with Crippen LogP contribution in [0.4, 0.5) is 0 Å². The Kier molecular flexibility index (Phi) is 6.37. The molecule has 2 aromatic heterocycles. The monoisotopic (exact) mass is 553 g/mol. The number of carbonyl (C=O) groups is 1. The van der Waals surface area contributed by atoms with Gasteiger partial charge in [0.1, 0.15) is 17.2 Å². The molecule has 9 nitrogen and oxygen atoms in total. The molecule has 0 saturated heterocycles. The molecule has 1 fully saturated rings. The number of hydrogen-bond donors (Lipinski definition) is 2. The minimum absolute atomic E-state index is 0.0512. The molecule has 2 aliphatic rings. The van der Waals surface area contributed by atoms with Gasteiger partial charge in [-0.2, -0.15) is 5.10 Å². The van der Waals surface area contributed by atoms with Crippen molar-refractivity contribution in [2.24, 2.45) is 0 Å². The number of aromatic amines is 1. The Balaban J connectivity index is 1.33. The van der Waals surface area contributed by atoms with Gasteiger partial charge >= 0.3 is 0 Å². The number of aliphatic hydroxyl groups is 1. The van der Waals surface area contributed by atoms with Gasteiger partial charge < -0.3 is 19.5 Å². The molecule has 1 amide bonds. The first-order valence-corrected chi connectivity index (χ1v) is 13.1. The zero-order valence-corrected chi connectivity index (χ0v) is 22.3. The second-order valence-corrected chi connectivity index (χ2v) is 10.3. The summed E-state index contributed by atoms with van der Waals surface area (Å²) in [5, 5.41) is 18.6. The number of amides is 1. The van der Waals surface area contributed by atoms with Crippen molar-refractivity contribution in [1.29, 1.82) is 0 Å². The van der Waals surface area contributed by atoms with Crippen molar-refractivity contribution >= 4 is 40.1 Å². The molecule has 196 valence electrons. The lowest BCUT2D eigenvalue weighted by Gasteiger charge is -2.32. The quantitative estimate of drug-likeness (QED) is 0.346. The van der Waals surface area contributed by atoms with Crippen LogP contribution in [0.3, 0.4) is 0 Å². The predicted octanol–water partition coefficient (Wildman–Crippen LogP) is 5.27. The van der Waals surface area contributed by atoms with Crippen LogP contribution >= 0.6 is 23.2 Å². The third-order valence-corrected chi connectivity index (χ3v) is 8.18. The van der Waals surface area contributed by atoms with Gasteiger partial charge in [-0.1, -0.05) is 29.3 Å². The molecule has 2 N–H and O–H groups in total. The first kappa shape index (κ1) is 24.9. The highest BCUT2D eigenvalue weighted by atomic mass is 35.5. The van der Waals surface area contributed by atoms with Gasteiger partial charge in [0.2, 0.25) is 0 Å². The van der Waals surface area contributed by atoms with Gasteiger partial charge in [0.15, 0.2) is 11.5 Å². The SMILES string of the molecule is COc1cc(OC)c(Cl)c(-c2ncc3c(-c4ccc5c(c4)CN([C@H]4CC[C@H](O)CC4)C5=O)n[nH]c3n2)c1Cl. The molecule has 0 radical (unpaired) electrons. The van der Waals surface area contributed by atoms with Gasteiger partial charge in [0, 0.05) is 36.0 Å². The molecule has 1 saturated carbocycles. The number of nitrogens with zero attached hydrogens (tertiary/aromatic N) is 4. The van der Waals surface area contributed by atoms with E-state index in [1.807, 2.05) is 23.1 Å². The summed E-state index contributed by atoms with van der Waals surface area (Å²) >= 11 is 13.1. The van der Waals surface area contributed by atoms with Gasteiger partial charge in [-0.3, -0.25) is 9.89 Å². The van der Waals surface area contributed by atoms with E-state index in [1.165, 1.54) is 14.2 Å². The Morgan fingerprint density at radius 2 is 1.76 bits per heavy atom. The summed E-state index contributed by atoms with van der Waals surface area (Å²) < 4.78 is 10.7. The minimum atomic E-state index is -0.258. The molecule has 4 aromatic rings. The Labute approximate surface area is 228 Å². The van der Waals surface area contributed by atoms with Gasteiger partial charge in [0.25, 0.3) is 5.91 Å². The maximum Gasteiger partial charge on any atom is 0.254 e. The molecule has 0 bridgehead atoms. The van der Waals surface area contributed by atoms with E-state index in [2.05, 4.69) is 20.2 Å². The second-order valence-electron chi connectivity index (χ2n) is 9.58. The van der Waals surface area contributed by atoms with Crippen LogP contribution in [0.2, 0.25) is 10.0 Å². The molecule has 11 heteroatoms. The number of halogens is 2. The largest absolute Gasteiger partial charge is 0.495 e. The number of carbonyl (C=O) groups excluding carboxylic acids is 1. The van der Waals surface area contributed by atoms with Crippen molar-refractivity contribution in [3.63, 3.8) is 0 Å². The first-order valence-electron chi connectivity index (χ1n) is 12.3. The number of rotatable bonds is 5. The van der Waals surface area contributed by atoms with Crippen molar-refractivity contribution in [1.82, 2.24) is 25.1 Å². The minimum Gasteiger partial charge on any atom is -0.495 e. The van der Waals surface area contributed by atoms with Crippen molar-refractivity contribution in [2.75, 3.05) is 14.2 Å². The van der Waals surface area contributed by atoms with Crippen LogP contribution in [0.15, 0.2) is 30.5 Å². The summed E-state index contributed by atoms with van der Waals surface area (Å²) in [6.07, 6.45) is 4.53. The highest BCUT2D eigenvalue weighted by molar-refractivity contribution is 6.40. The fourth-order valence-corrected chi connectivity index (χ4v) is 6.06. The van der Waals surface area contributed by atoms with E-state index in [0.29, 0.717) is 40.8 Å². The van der Waals surface area contributed by atoms with E-state index in [-0.39, 0.29) is 28.1 Å². The molecule has 3 heterocycles. The molecule has 0 atom stereocenters. The number of methoxy groups -OCH3 is 2. The van der Waals surface area contributed by atoms with E-state index >= 15 is 0 Å². The summed E-state index contributed by atoms with van der Waals surface area (Å²) in [7, 11) is 3.01. The van der Waals surface area contributed by atoms with Gasteiger partial charge in [0.05, 0.1) is 41.3 Å². The highest BCUT2D eigenvalue weighted by Gasteiger charge is 2.35. The molecule has 0 spiro atoms. The summed E-state index contributed by atoms with van der Waals surface area (Å²) in [5.74, 6) is 1.13. The fourth-order valence-electron chi connectivity index (χ4n) is 5.39. The van der Waals surface area contributed by atoms with Crippen LogP contribution < -0.4 is 9.47 Å². The van der Waals surface area contributed by atoms with E-state index < -0.39 is 0 Å². The Bertz CT molecular complexity index is 1540. The number of benzene rings is 2. The van der Waals surface area contributed by atoms with Crippen molar-refractivity contribution in [2.45, 2.75) is 44.4 Å². The normalized spacial score (nSPS) is 19.2. The smallest absolute Gasteiger partial charge is 0.254 e. The van der Waals surface area contributed by atoms with Crippen LogP contribution in [0.1, 0.15) is 41.6 Å². The lowest BCUT2D eigenvalue weighted by Crippen LogP contribution is -2.39. The topological polar surface area (TPSA) is 113 Å². The number of nitrogens with one attached hydrogen (secondary N) is 1. The van der Waals surface area contributed by atoms with Crippen LogP contribution in [0.5, 0.6) is 11.5 Å². The molecule has 1 aliphatic heterocycles. The Hall–Kier alpha value is -3.40. The number of aromatic nitrogens is 4. The second kappa shape index (κ2) is 9.72. The van der Waals surface area contributed by atoms with Crippen molar-refractivity contribution in [3.8, 4) is 34.1 Å². The zero-order valence-electron chi connectivity index (χ0n) is 20.8. The fraction of sp³-hybridized carbons (Fsp3) is 0.333. The molecule has 6 rings (SSSR count). The standard InChI is InChI=1S/C27H25Cl2N5O4/c1-37-19-10-20(38-2)23(29)21(22(19)28)26-30-11-18-24(32-33-25(18)31-26)13-3-8-17-14(9-13)12-34(27(17)36)15-4-6-16(35)7-5-15/h3,8-11,15-16,35H,4-7,12H2,1-2H3,(H,30,31,32,33)/t15-,16-. The zero-order chi connectivity index (χ0) is 26.6. The summed E-state index contributed by atoms with van der Waals surface area (Å²) in [5.41, 5.74) is 4.14. The average Bonchev–Trinajstić information content (AvgIpc) is 3.50. The molecular weight excluding hydrogens is 529 g/mol. The summed E-state index contributed by atoms with van der Waals surface area (Å²) in [6, 6.07) is 7.54. The number of fused-ring (bicyclic) bond motifs is 2. The third-order valence-electron chi connectivity index (χ3n) is 7.43. The number of H-pyrrole nitrogens is 1. The van der Waals surface area contributed by atoms with E-state index in [9.17, 15) is 9.90 Å². The van der Waals surface area contributed by atoms with E-state index in [0.717, 1.165) is 47.8 Å². The first-order chi connectivity index (χ1) is 18.4. The molecule has 38 heavy (non-hydrogen) atoms. The van der Waals surface area contributed by atoms with E-state index in [4.69, 9.17) is 32.7 Å². The maximum absolute atomic E-state index is 13.1. The third kappa shape index (κ3) is 4.05. The van der Waals surface area contributed by atoms with Gasteiger partial charge in [-0.05, 0) is 43.4 Å². The number of ether oxygens (including phenoxy) is 2. The Morgan fingerprint density at radius 1 is 1.05 bits per heavy atom. The molecule has 2 aromatic carbocycles. The van der Waals surface area contributed by atoms with E-state index in [1.54, 1.807) is 12.3 Å². The van der Waals surface area contributed by atoms with Crippen LogP contribution in [0.25, 0.3) is 33.7 Å². The maximum atomic E-state index is 13.1. The van der Waals surface area contributed by atoms with Gasteiger partial charge in [-0.25, -0.2) is 9.97 Å². The predicted molar refractivity (Wildman–Crippen MR) is 144 cm³/mol. The number of hydrogen-bond acceptors (Lipinski definition) is 7. The van der Waals surface area contributed by atoms with Crippen LogP contribution in [0, 0.1) is 0 Å².